The summed E-state index contributed by atoms with van der Waals surface area (Å²) in [6, 6.07) is 22.8. The molecule has 1 aromatic heterocycles. The Balaban J connectivity index is 1.42. The molecule has 7 nitrogen and oxygen atoms in total. The van der Waals surface area contributed by atoms with Crippen molar-refractivity contribution in [3.63, 3.8) is 0 Å². The molecule has 1 heterocycles. The topological polar surface area (TPSA) is 112 Å². The number of aliphatic imine (C=N–C) groups is 1. The van der Waals surface area contributed by atoms with Crippen molar-refractivity contribution >= 4 is 45.5 Å². The number of para-hydroxylation sites is 2. The van der Waals surface area contributed by atoms with Crippen LogP contribution in [0.15, 0.2) is 77.8 Å². The Kier molecular flexibility index (Phi) is 6.73. The van der Waals surface area contributed by atoms with E-state index in [2.05, 4.69) is 22.5 Å². The lowest BCUT2D eigenvalue weighted by atomic mass is 10.1. The molecule has 7 heteroatoms. The van der Waals surface area contributed by atoms with Gasteiger partial charge in [-0.1, -0.05) is 43.3 Å². The fourth-order valence-corrected chi connectivity index (χ4v) is 3.71. The van der Waals surface area contributed by atoms with Crippen molar-refractivity contribution in [2.75, 3.05) is 11.1 Å². The maximum absolute atomic E-state index is 12.7. The van der Waals surface area contributed by atoms with E-state index in [1.54, 1.807) is 12.1 Å². The molecular weight excluding hydrogens is 426 g/mol. The molecule has 0 aliphatic rings. The first-order valence-corrected chi connectivity index (χ1v) is 11.1. The Labute approximate surface area is 198 Å². The van der Waals surface area contributed by atoms with Crippen molar-refractivity contribution in [1.82, 2.24) is 10.3 Å². The number of rotatable bonds is 7. The third kappa shape index (κ3) is 5.32. The normalized spacial score (nSPS) is 11.4. The third-order valence-corrected chi connectivity index (χ3v) is 5.45. The lowest BCUT2D eigenvalue weighted by molar-refractivity contribution is -0.114. The van der Waals surface area contributed by atoms with Gasteiger partial charge in [0.2, 0.25) is 5.91 Å². The number of aromatic nitrogens is 1. The third-order valence-electron chi connectivity index (χ3n) is 5.45. The minimum absolute atomic E-state index is 0.139. The number of anilines is 2. The highest BCUT2D eigenvalue weighted by atomic mass is 16.2. The van der Waals surface area contributed by atoms with Crippen LogP contribution in [0.25, 0.3) is 10.9 Å². The van der Waals surface area contributed by atoms with E-state index in [-0.39, 0.29) is 11.8 Å². The van der Waals surface area contributed by atoms with E-state index >= 15 is 0 Å². The predicted molar refractivity (Wildman–Crippen MR) is 138 cm³/mol. The predicted octanol–water partition coefficient (Wildman–Crippen LogP) is 5.17. The van der Waals surface area contributed by atoms with E-state index in [0.717, 1.165) is 39.8 Å². The van der Waals surface area contributed by atoms with Crippen molar-refractivity contribution in [3.8, 4) is 0 Å². The first-order chi connectivity index (χ1) is 16.4. The molecule has 172 valence electrons. The van der Waals surface area contributed by atoms with E-state index in [1.165, 1.54) is 6.92 Å². The minimum atomic E-state index is -0.197. The number of benzene rings is 3. The quantitative estimate of drug-likeness (QED) is 0.229. The van der Waals surface area contributed by atoms with Gasteiger partial charge in [-0.25, -0.2) is 0 Å². The highest BCUT2D eigenvalue weighted by molar-refractivity contribution is 6.02. The van der Waals surface area contributed by atoms with E-state index in [4.69, 9.17) is 10.7 Å². The second-order valence-corrected chi connectivity index (χ2v) is 8.02. The summed E-state index contributed by atoms with van der Waals surface area (Å²) in [5.41, 5.74) is 12.4. The van der Waals surface area contributed by atoms with Gasteiger partial charge in [0.25, 0.3) is 5.91 Å². The van der Waals surface area contributed by atoms with E-state index in [1.807, 2.05) is 60.7 Å². The number of nitrogens with zero attached hydrogens (tertiary/aromatic N) is 1. The summed E-state index contributed by atoms with van der Waals surface area (Å²) in [6.07, 6.45) is 0.772. The Bertz CT molecular complexity index is 1370. The summed E-state index contributed by atoms with van der Waals surface area (Å²) >= 11 is 0. The van der Waals surface area contributed by atoms with Crippen molar-refractivity contribution in [3.05, 3.63) is 89.6 Å². The summed E-state index contributed by atoms with van der Waals surface area (Å²) < 4.78 is 0. The first-order valence-electron chi connectivity index (χ1n) is 11.1. The second kappa shape index (κ2) is 10.0. The van der Waals surface area contributed by atoms with Gasteiger partial charge in [0.15, 0.2) is 0 Å². The first kappa shape index (κ1) is 22.8. The number of hydrogen-bond donors (Lipinski definition) is 4. The van der Waals surface area contributed by atoms with Crippen LogP contribution < -0.4 is 16.4 Å². The van der Waals surface area contributed by atoms with Gasteiger partial charge in [0.05, 0.1) is 11.4 Å². The van der Waals surface area contributed by atoms with Gasteiger partial charge in [-0.15, -0.1) is 0 Å². The molecule has 2 amide bonds. The number of H-pyrrole nitrogens is 1. The SMILES string of the molecule is CCC(=Nc1ccccc1N)c1ccc(CNC(=O)c2cc3cc(NC(C)=O)ccc3[nH]2)cc1. The smallest absolute Gasteiger partial charge is 0.267 e. The summed E-state index contributed by atoms with van der Waals surface area (Å²) in [6.45, 7) is 3.92. The van der Waals surface area contributed by atoms with Gasteiger partial charge >= 0.3 is 0 Å². The number of nitrogens with one attached hydrogen (secondary N) is 3. The van der Waals surface area contributed by atoms with Crippen LogP contribution in [0.1, 0.15) is 41.9 Å². The molecule has 0 saturated heterocycles. The molecule has 0 aliphatic heterocycles. The van der Waals surface area contributed by atoms with Crippen LogP contribution in [0.5, 0.6) is 0 Å². The van der Waals surface area contributed by atoms with Gasteiger partial charge in [-0.3, -0.25) is 14.6 Å². The average molecular weight is 454 g/mol. The lowest BCUT2D eigenvalue weighted by Crippen LogP contribution is -2.23. The van der Waals surface area contributed by atoms with Crippen molar-refractivity contribution in [1.29, 1.82) is 0 Å². The molecule has 3 aromatic carbocycles. The number of aromatic amines is 1. The second-order valence-electron chi connectivity index (χ2n) is 8.02. The summed E-state index contributed by atoms with van der Waals surface area (Å²) in [4.78, 5) is 31.8. The fraction of sp³-hybridized carbons (Fsp3) is 0.148. The fourth-order valence-electron chi connectivity index (χ4n) is 3.71. The van der Waals surface area contributed by atoms with E-state index in [0.29, 0.717) is 23.6 Å². The maximum Gasteiger partial charge on any atom is 0.267 e. The molecule has 4 rings (SSSR count). The van der Waals surface area contributed by atoms with Crippen molar-refractivity contribution in [2.24, 2.45) is 4.99 Å². The minimum Gasteiger partial charge on any atom is -0.397 e. The Hall–Kier alpha value is -4.39. The van der Waals surface area contributed by atoms with Crippen LogP contribution >= 0.6 is 0 Å². The molecule has 0 fully saturated rings. The highest BCUT2D eigenvalue weighted by Crippen LogP contribution is 2.23. The van der Waals surface area contributed by atoms with Crippen LogP contribution in [0.2, 0.25) is 0 Å². The monoisotopic (exact) mass is 453 g/mol. The molecular formula is C27H27N5O2. The average Bonchev–Trinajstić information content (AvgIpc) is 3.26. The molecule has 0 spiro atoms. The van der Waals surface area contributed by atoms with Crippen molar-refractivity contribution < 1.29 is 9.59 Å². The van der Waals surface area contributed by atoms with Crippen molar-refractivity contribution in [2.45, 2.75) is 26.8 Å². The zero-order valence-electron chi connectivity index (χ0n) is 19.2. The summed E-state index contributed by atoms with van der Waals surface area (Å²) in [5.74, 6) is -0.336. The highest BCUT2D eigenvalue weighted by Gasteiger charge is 2.11. The lowest BCUT2D eigenvalue weighted by Gasteiger charge is -2.08. The van der Waals surface area contributed by atoms with Crippen LogP contribution in [-0.2, 0) is 11.3 Å². The number of carbonyl (C=O) groups is 2. The van der Waals surface area contributed by atoms with E-state index in [9.17, 15) is 9.59 Å². The Morgan fingerprint density at radius 3 is 2.47 bits per heavy atom. The zero-order valence-corrected chi connectivity index (χ0v) is 19.2. The number of nitrogens with two attached hydrogens (primary N) is 1. The van der Waals surface area contributed by atoms with Crippen LogP contribution in [0.3, 0.4) is 0 Å². The molecule has 34 heavy (non-hydrogen) atoms. The van der Waals surface area contributed by atoms with E-state index < -0.39 is 0 Å². The molecule has 0 radical (unpaired) electrons. The van der Waals surface area contributed by atoms with Crippen LogP contribution in [0, 0.1) is 0 Å². The summed E-state index contributed by atoms with van der Waals surface area (Å²) in [5, 5.41) is 6.55. The molecule has 0 bridgehead atoms. The standard InChI is InChI=1S/C27H27N5O2/c1-3-23(31-25-7-5-4-6-22(25)28)19-10-8-18(9-11-19)16-29-27(34)26-15-20-14-21(30-17(2)33)12-13-24(20)32-26/h4-15,32H,3,16,28H2,1-2H3,(H,29,34)(H,30,33). The molecule has 0 saturated carbocycles. The van der Waals surface area contributed by atoms with Gasteiger partial charge in [0, 0.05) is 35.8 Å². The Morgan fingerprint density at radius 1 is 1.00 bits per heavy atom. The van der Waals surface area contributed by atoms with Crippen LogP contribution in [-0.4, -0.2) is 22.5 Å². The largest absolute Gasteiger partial charge is 0.397 e. The van der Waals surface area contributed by atoms with Crippen LogP contribution in [0.4, 0.5) is 17.1 Å². The zero-order chi connectivity index (χ0) is 24.1. The summed E-state index contributed by atoms with van der Waals surface area (Å²) in [7, 11) is 0. The van der Waals surface area contributed by atoms with Gasteiger partial charge in [-0.2, -0.15) is 0 Å². The molecule has 0 atom stereocenters. The number of hydrogen-bond acceptors (Lipinski definition) is 4. The molecule has 4 aromatic rings. The Morgan fingerprint density at radius 2 is 1.76 bits per heavy atom. The molecule has 0 unspecified atom stereocenters. The van der Waals surface area contributed by atoms with Gasteiger partial charge in [-0.05, 0) is 53.9 Å². The maximum atomic E-state index is 12.7. The number of carbonyl (C=O) groups excluding carboxylic acids is 2. The van der Waals surface area contributed by atoms with Gasteiger partial charge in [0.1, 0.15) is 5.69 Å². The molecule has 5 N–H and O–H groups in total. The molecule has 0 aliphatic carbocycles. The number of fused-ring (bicyclic) bond motifs is 1. The van der Waals surface area contributed by atoms with Gasteiger partial charge < -0.3 is 21.4 Å². The number of amides is 2. The number of nitrogen functional groups attached to an aromatic ring is 1.